The summed E-state index contributed by atoms with van der Waals surface area (Å²) in [5.74, 6) is 1.12. The Bertz CT molecular complexity index is 341. The molecule has 3 N–H and O–H groups in total. The highest BCUT2D eigenvalue weighted by Gasteiger charge is 2.18. The van der Waals surface area contributed by atoms with Gasteiger partial charge in [-0.1, -0.05) is 0 Å². The van der Waals surface area contributed by atoms with Gasteiger partial charge in [-0.25, -0.2) is 0 Å². The number of nitrogens with two attached hydrogens (primary N) is 1. The molecule has 0 unspecified atom stereocenters. The summed E-state index contributed by atoms with van der Waals surface area (Å²) < 4.78 is 9.83. The van der Waals surface area contributed by atoms with Gasteiger partial charge in [0, 0.05) is 19.7 Å². The summed E-state index contributed by atoms with van der Waals surface area (Å²) in [5, 5.41) is 9.83. The zero-order chi connectivity index (χ0) is 12.8. The van der Waals surface area contributed by atoms with E-state index >= 15 is 0 Å². The second-order valence-corrected chi connectivity index (χ2v) is 4.78. The lowest BCUT2D eigenvalue weighted by atomic mass is 10.3. The molecule has 1 rings (SSSR count). The molecule has 0 aromatic carbocycles. The molecular formula is C11H21N3O2S. The van der Waals surface area contributed by atoms with E-state index in [-0.39, 0.29) is 12.7 Å². The largest absolute Gasteiger partial charge is 0.484 e. The van der Waals surface area contributed by atoms with Crippen molar-refractivity contribution in [3.8, 4) is 5.75 Å². The number of rotatable bonds is 7. The van der Waals surface area contributed by atoms with E-state index in [9.17, 15) is 0 Å². The van der Waals surface area contributed by atoms with Crippen molar-refractivity contribution >= 4 is 22.4 Å². The van der Waals surface area contributed by atoms with Crippen LogP contribution >= 0.6 is 11.5 Å². The molecule has 1 heterocycles. The quantitative estimate of drug-likeness (QED) is 0.780. The molecule has 5 nitrogen and oxygen atoms in total. The molecule has 0 aliphatic rings. The minimum Gasteiger partial charge on any atom is -0.484 e. The lowest BCUT2D eigenvalue weighted by Gasteiger charge is -2.22. The van der Waals surface area contributed by atoms with Gasteiger partial charge in [-0.15, -0.1) is 0 Å². The van der Waals surface area contributed by atoms with Crippen LogP contribution in [-0.4, -0.2) is 35.3 Å². The summed E-state index contributed by atoms with van der Waals surface area (Å²) in [6, 6.07) is 0. The second-order valence-electron chi connectivity index (χ2n) is 4.03. The number of aliphatic hydroxyl groups excluding tert-OH is 1. The summed E-state index contributed by atoms with van der Waals surface area (Å²) in [4.78, 5) is 2.13. The Morgan fingerprint density at radius 3 is 2.76 bits per heavy atom. The van der Waals surface area contributed by atoms with Crippen LogP contribution in [0.4, 0.5) is 10.8 Å². The third-order valence-electron chi connectivity index (χ3n) is 2.27. The highest BCUT2D eigenvalue weighted by atomic mass is 32.1. The smallest absolute Gasteiger partial charge is 0.198 e. The molecular weight excluding hydrogens is 238 g/mol. The van der Waals surface area contributed by atoms with E-state index in [0.717, 1.165) is 24.5 Å². The minimum absolute atomic E-state index is 0.0731. The van der Waals surface area contributed by atoms with Crippen LogP contribution in [0.1, 0.15) is 27.2 Å². The third kappa shape index (κ3) is 3.74. The van der Waals surface area contributed by atoms with E-state index in [1.54, 1.807) is 0 Å². The Hall–Kier alpha value is -1.01. The Morgan fingerprint density at radius 1 is 1.53 bits per heavy atom. The first-order chi connectivity index (χ1) is 8.10. The van der Waals surface area contributed by atoms with E-state index in [2.05, 4.69) is 16.2 Å². The van der Waals surface area contributed by atoms with Gasteiger partial charge in [0.25, 0.3) is 0 Å². The van der Waals surface area contributed by atoms with Gasteiger partial charge in [0.2, 0.25) is 0 Å². The van der Waals surface area contributed by atoms with Crippen LogP contribution in [0.2, 0.25) is 0 Å². The predicted molar refractivity (Wildman–Crippen MR) is 71.9 cm³/mol. The summed E-state index contributed by atoms with van der Waals surface area (Å²) >= 11 is 1.35. The van der Waals surface area contributed by atoms with E-state index in [1.807, 2.05) is 13.8 Å². The number of nitrogens with zero attached hydrogens (tertiary/aromatic N) is 2. The third-order valence-corrected chi connectivity index (χ3v) is 3.17. The van der Waals surface area contributed by atoms with Crippen molar-refractivity contribution in [1.82, 2.24) is 4.37 Å². The van der Waals surface area contributed by atoms with Crippen LogP contribution in [0.25, 0.3) is 0 Å². The molecule has 0 fully saturated rings. The van der Waals surface area contributed by atoms with Gasteiger partial charge < -0.3 is 20.5 Å². The van der Waals surface area contributed by atoms with Crippen LogP contribution < -0.4 is 15.4 Å². The molecule has 0 atom stereocenters. The van der Waals surface area contributed by atoms with Gasteiger partial charge in [-0.2, -0.15) is 4.37 Å². The Balaban J connectivity index is 2.86. The van der Waals surface area contributed by atoms with Crippen LogP contribution in [0.15, 0.2) is 0 Å². The van der Waals surface area contributed by atoms with Crippen LogP contribution in [0.5, 0.6) is 5.75 Å². The van der Waals surface area contributed by atoms with Crippen molar-refractivity contribution in [2.24, 2.45) is 0 Å². The van der Waals surface area contributed by atoms with E-state index in [4.69, 9.17) is 15.6 Å². The first-order valence-electron chi connectivity index (χ1n) is 5.87. The Labute approximate surface area is 106 Å². The molecule has 0 saturated carbocycles. The van der Waals surface area contributed by atoms with Crippen molar-refractivity contribution in [3.63, 3.8) is 0 Å². The first kappa shape index (κ1) is 14.1. The molecule has 1 aromatic rings. The maximum absolute atomic E-state index is 8.88. The second kappa shape index (κ2) is 6.66. The highest BCUT2D eigenvalue weighted by molar-refractivity contribution is 7.11. The lowest BCUT2D eigenvalue weighted by molar-refractivity contribution is 0.244. The highest BCUT2D eigenvalue weighted by Crippen LogP contribution is 2.38. The number of nitrogen functional groups attached to an aromatic ring is 1. The fraction of sp³-hybridized carbons (Fsp3) is 0.727. The van der Waals surface area contributed by atoms with E-state index in [0.29, 0.717) is 11.6 Å². The number of ether oxygens (including phenoxy) is 1. The standard InChI is InChI=1S/C11H21N3O2S/c1-4-14(6-5-7-15)11-9(16-8(2)3)10(12)13-17-11/h8,15H,4-7H2,1-3H3,(H2,12,13). The molecule has 0 aliphatic carbocycles. The molecule has 0 radical (unpaired) electrons. The SMILES string of the molecule is CCN(CCCO)c1snc(N)c1OC(C)C. The predicted octanol–water partition coefficient (Wildman–Crippen LogP) is 1.72. The first-order valence-corrected chi connectivity index (χ1v) is 6.65. The van der Waals surface area contributed by atoms with Gasteiger partial charge in [0.15, 0.2) is 16.6 Å². The zero-order valence-electron chi connectivity index (χ0n) is 10.6. The Morgan fingerprint density at radius 2 is 2.24 bits per heavy atom. The molecule has 0 spiro atoms. The number of aromatic nitrogens is 1. The summed E-state index contributed by atoms with van der Waals surface area (Å²) in [5.41, 5.74) is 5.81. The van der Waals surface area contributed by atoms with E-state index < -0.39 is 0 Å². The van der Waals surface area contributed by atoms with Crippen molar-refractivity contribution in [2.45, 2.75) is 33.3 Å². The molecule has 0 amide bonds. The van der Waals surface area contributed by atoms with Crippen molar-refractivity contribution in [3.05, 3.63) is 0 Å². The topological polar surface area (TPSA) is 71.6 Å². The number of anilines is 2. The average Bonchev–Trinajstić information content (AvgIpc) is 2.62. The molecule has 0 aliphatic heterocycles. The van der Waals surface area contributed by atoms with Crippen LogP contribution in [0, 0.1) is 0 Å². The fourth-order valence-electron chi connectivity index (χ4n) is 1.50. The maximum Gasteiger partial charge on any atom is 0.198 e. The van der Waals surface area contributed by atoms with Crippen molar-refractivity contribution in [2.75, 3.05) is 30.3 Å². The summed E-state index contributed by atoms with van der Waals surface area (Å²) in [6.07, 6.45) is 0.802. The molecule has 1 aromatic heterocycles. The Kier molecular flexibility index (Phi) is 5.50. The van der Waals surface area contributed by atoms with Crippen molar-refractivity contribution in [1.29, 1.82) is 0 Å². The molecule has 17 heavy (non-hydrogen) atoms. The molecule has 6 heteroatoms. The average molecular weight is 259 g/mol. The molecule has 98 valence electrons. The van der Waals surface area contributed by atoms with E-state index in [1.165, 1.54) is 11.5 Å². The monoisotopic (exact) mass is 259 g/mol. The minimum atomic E-state index is 0.0731. The summed E-state index contributed by atoms with van der Waals surface area (Å²) in [7, 11) is 0. The normalized spacial score (nSPS) is 10.9. The lowest BCUT2D eigenvalue weighted by Crippen LogP contribution is -2.24. The van der Waals surface area contributed by atoms with Crippen LogP contribution in [-0.2, 0) is 0 Å². The summed E-state index contributed by atoms with van der Waals surface area (Å²) in [6.45, 7) is 7.80. The van der Waals surface area contributed by atoms with Gasteiger partial charge >= 0.3 is 0 Å². The van der Waals surface area contributed by atoms with Crippen molar-refractivity contribution < 1.29 is 9.84 Å². The number of hydrogen-bond acceptors (Lipinski definition) is 6. The fourth-order valence-corrected chi connectivity index (χ4v) is 2.34. The van der Waals surface area contributed by atoms with Crippen LogP contribution in [0.3, 0.4) is 0 Å². The molecule has 0 saturated heterocycles. The van der Waals surface area contributed by atoms with Gasteiger partial charge in [-0.05, 0) is 38.7 Å². The zero-order valence-corrected chi connectivity index (χ0v) is 11.5. The van der Waals surface area contributed by atoms with Gasteiger partial charge in [-0.3, -0.25) is 0 Å². The molecule has 0 bridgehead atoms. The maximum atomic E-state index is 8.88. The van der Waals surface area contributed by atoms with Gasteiger partial charge in [0.1, 0.15) is 0 Å². The number of aliphatic hydroxyl groups is 1. The number of hydrogen-bond donors (Lipinski definition) is 2. The van der Waals surface area contributed by atoms with Gasteiger partial charge in [0.05, 0.1) is 6.10 Å².